The molecular weight excluding hydrogens is 607 g/mol. The quantitative estimate of drug-likeness (QED) is 0.176. The van der Waals surface area contributed by atoms with Gasteiger partial charge in [-0.1, -0.05) is 133 Å². The van der Waals surface area contributed by atoms with Gasteiger partial charge >= 0.3 is 0 Å². The smallest absolute Gasteiger partial charge is 0.258 e. The normalized spacial score (nSPS) is 11.8. The maximum atomic E-state index is 13.2. The number of benzene rings is 9. The highest BCUT2D eigenvalue weighted by Gasteiger charge is 2.17. The van der Waals surface area contributed by atoms with E-state index in [1.165, 1.54) is 75.8 Å². The fourth-order valence-corrected chi connectivity index (χ4v) is 8.07. The molecule has 0 aliphatic heterocycles. The topological polar surface area (TPSA) is 20.3 Å². The summed E-state index contributed by atoms with van der Waals surface area (Å²) in [7, 11) is 1.82. The molecule has 10 rings (SSSR count). The summed E-state index contributed by atoms with van der Waals surface area (Å²) in [4.78, 5) is 14.8. The summed E-state index contributed by atoms with van der Waals surface area (Å²) in [5, 5.41) is 15.4. The van der Waals surface area contributed by atoms with Crippen molar-refractivity contribution < 1.29 is 4.79 Å². The van der Waals surface area contributed by atoms with E-state index in [0.717, 1.165) is 16.8 Å². The first-order valence-electron chi connectivity index (χ1n) is 17.1. The molecule has 0 spiro atoms. The van der Waals surface area contributed by atoms with Crippen molar-refractivity contribution in [1.29, 1.82) is 0 Å². The van der Waals surface area contributed by atoms with Crippen molar-refractivity contribution in [2.24, 2.45) is 0 Å². The molecule has 50 heavy (non-hydrogen) atoms. The molecule has 10 aromatic carbocycles. The molecule has 0 saturated carbocycles. The first-order valence-corrected chi connectivity index (χ1v) is 17.1. The standard InChI is InChI=1S/C48H31NO/c1-49(39-11-3-2-4-12-39)48(50)36-25-20-31(21-26-36)30-16-18-32(19-17-30)38-28-37-27-24-35-9-6-14-41-40-13-5-8-33-22-23-34-10-7-15-42(46(34)44(33)40)43(29-38)47(37)45(35)41/h2-29H,1H3. The number of amides is 1. The Labute approximate surface area is 289 Å². The summed E-state index contributed by atoms with van der Waals surface area (Å²) in [5.74, 6) is -0.0276. The number of fused-ring (bicyclic) bond motifs is 2. The van der Waals surface area contributed by atoms with Crippen molar-refractivity contribution in [2.75, 3.05) is 11.9 Å². The molecule has 0 saturated heterocycles. The van der Waals surface area contributed by atoms with Gasteiger partial charge in [0.05, 0.1) is 0 Å². The zero-order valence-corrected chi connectivity index (χ0v) is 27.5. The number of hydrogen-bond donors (Lipinski definition) is 0. The monoisotopic (exact) mass is 637 g/mol. The molecule has 0 unspecified atom stereocenters. The number of carbonyl (C=O) groups is 1. The molecule has 0 fully saturated rings. The molecule has 0 bridgehead atoms. The first-order chi connectivity index (χ1) is 24.6. The van der Waals surface area contributed by atoms with Gasteiger partial charge in [0.2, 0.25) is 0 Å². The second-order valence-electron chi connectivity index (χ2n) is 13.3. The minimum atomic E-state index is -0.0276. The maximum absolute atomic E-state index is 13.2. The second kappa shape index (κ2) is 11.0. The van der Waals surface area contributed by atoms with Crippen LogP contribution in [-0.4, -0.2) is 13.0 Å². The molecule has 0 N–H and O–H groups in total. The molecule has 234 valence electrons. The van der Waals surface area contributed by atoms with Gasteiger partial charge in [-0.25, -0.2) is 0 Å². The minimum Gasteiger partial charge on any atom is -0.311 e. The SMILES string of the molecule is CN(C(=O)c1ccc(-c2ccc(-c3cc4ccc5cccc6c7cccc8ccc9cccc(c(c3)c4c56)c9c87)cc2)cc1)c1ccccc1. The lowest BCUT2D eigenvalue weighted by atomic mass is 9.86. The predicted molar refractivity (Wildman–Crippen MR) is 213 cm³/mol. The van der Waals surface area contributed by atoms with Gasteiger partial charge in [-0.05, 0) is 123 Å². The number of carbonyl (C=O) groups excluding carboxylic acids is 1. The van der Waals surface area contributed by atoms with E-state index in [0.29, 0.717) is 5.56 Å². The fourth-order valence-electron chi connectivity index (χ4n) is 8.07. The fraction of sp³-hybridized carbons (Fsp3) is 0.0208. The summed E-state index contributed by atoms with van der Waals surface area (Å²) in [6, 6.07) is 60.5. The van der Waals surface area contributed by atoms with Gasteiger partial charge in [0, 0.05) is 18.3 Å². The van der Waals surface area contributed by atoms with Crippen molar-refractivity contribution in [3.63, 3.8) is 0 Å². The van der Waals surface area contributed by atoms with Crippen molar-refractivity contribution in [2.45, 2.75) is 0 Å². The molecule has 0 atom stereocenters. The van der Waals surface area contributed by atoms with E-state index in [9.17, 15) is 4.79 Å². The largest absolute Gasteiger partial charge is 0.311 e. The predicted octanol–water partition coefficient (Wildman–Crippen LogP) is 12.7. The first kappa shape index (κ1) is 28.5. The van der Waals surface area contributed by atoms with E-state index in [-0.39, 0.29) is 5.91 Å². The number of para-hydroxylation sites is 1. The highest BCUT2D eigenvalue weighted by atomic mass is 16.2. The Morgan fingerprint density at radius 2 is 0.820 bits per heavy atom. The van der Waals surface area contributed by atoms with Crippen LogP contribution in [0.25, 0.3) is 86.9 Å². The number of hydrogen-bond acceptors (Lipinski definition) is 1. The molecule has 0 heterocycles. The Morgan fingerprint density at radius 1 is 0.380 bits per heavy atom. The molecule has 0 aliphatic rings. The van der Waals surface area contributed by atoms with Crippen molar-refractivity contribution in [1.82, 2.24) is 0 Å². The Kier molecular flexibility index (Phi) is 6.28. The lowest BCUT2D eigenvalue weighted by molar-refractivity contribution is 0.0993. The lowest BCUT2D eigenvalue weighted by Crippen LogP contribution is -2.25. The summed E-state index contributed by atoms with van der Waals surface area (Å²) >= 11 is 0. The number of anilines is 1. The average Bonchev–Trinajstić information content (AvgIpc) is 3.19. The van der Waals surface area contributed by atoms with Gasteiger partial charge < -0.3 is 4.90 Å². The van der Waals surface area contributed by atoms with E-state index in [1.54, 1.807) is 4.90 Å². The van der Waals surface area contributed by atoms with Crippen LogP contribution in [-0.2, 0) is 0 Å². The van der Waals surface area contributed by atoms with Gasteiger partial charge in [-0.2, -0.15) is 0 Å². The highest BCUT2D eigenvalue weighted by molar-refractivity contribution is 6.37. The number of rotatable bonds is 4. The summed E-state index contributed by atoms with van der Waals surface area (Å²) in [6.07, 6.45) is 0. The zero-order valence-electron chi connectivity index (χ0n) is 27.5. The van der Waals surface area contributed by atoms with Gasteiger partial charge in [0.15, 0.2) is 0 Å². The lowest BCUT2D eigenvalue weighted by Gasteiger charge is -2.17. The molecule has 1 amide bonds. The van der Waals surface area contributed by atoms with Crippen LogP contribution < -0.4 is 4.90 Å². The third-order valence-corrected chi connectivity index (χ3v) is 10.6. The Bertz CT molecular complexity index is 2920. The highest BCUT2D eigenvalue weighted by Crippen LogP contribution is 2.44. The van der Waals surface area contributed by atoms with Crippen molar-refractivity contribution >= 4 is 76.2 Å². The molecule has 10 aromatic rings. The van der Waals surface area contributed by atoms with Crippen LogP contribution in [0.15, 0.2) is 170 Å². The Hall–Kier alpha value is -6.51. The molecular formula is C48H31NO. The molecule has 2 heteroatoms. The molecule has 0 aliphatic carbocycles. The van der Waals surface area contributed by atoms with Gasteiger partial charge in [-0.15, -0.1) is 0 Å². The average molecular weight is 638 g/mol. The Balaban J connectivity index is 1.12. The maximum Gasteiger partial charge on any atom is 0.258 e. The van der Waals surface area contributed by atoms with Crippen LogP contribution in [0.4, 0.5) is 5.69 Å². The van der Waals surface area contributed by atoms with Crippen LogP contribution in [0, 0.1) is 0 Å². The molecule has 0 radical (unpaired) electrons. The van der Waals surface area contributed by atoms with Gasteiger partial charge in [-0.3, -0.25) is 4.79 Å². The minimum absolute atomic E-state index is 0.0276. The Morgan fingerprint density at radius 3 is 1.36 bits per heavy atom. The van der Waals surface area contributed by atoms with E-state index >= 15 is 0 Å². The summed E-state index contributed by atoms with van der Waals surface area (Å²) in [6.45, 7) is 0. The third kappa shape index (κ3) is 4.32. The van der Waals surface area contributed by atoms with Gasteiger partial charge in [0.1, 0.15) is 0 Å². The molecule has 0 aromatic heterocycles. The second-order valence-corrected chi connectivity index (χ2v) is 13.3. The van der Waals surface area contributed by atoms with Gasteiger partial charge in [0.25, 0.3) is 5.91 Å². The third-order valence-electron chi connectivity index (χ3n) is 10.6. The summed E-state index contributed by atoms with van der Waals surface area (Å²) in [5.41, 5.74) is 6.09. The number of nitrogens with zero attached hydrogens (tertiary/aromatic N) is 1. The van der Waals surface area contributed by atoms with Crippen LogP contribution in [0.3, 0.4) is 0 Å². The van der Waals surface area contributed by atoms with Crippen LogP contribution in [0.2, 0.25) is 0 Å². The van der Waals surface area contributed by atoms with Crippen molar-refractivity contribution in [3.05, 3.63) is 175 Å². The van der Waals surface area contributed by atoms with E-state index in [2.05, 4.69) is 115 Å². The van der Waals surface area contributed by atoms with Crippen molar-refractivity contribution in [3.8, 4) is 22.3 Å². The zero-order chi connectivity index (χ0) is 33.3. The van der Waals surface area contributed by atoms with E-state index < -0.39 is 0 Å². The van der Waals surface area contributed by atoms with Crippen LogP contribution >= 0.6 is 0 Å². The molecule has 2 nitrogen and oxygen atoms in total. The van der Waals surface area contributed by atoms with Crippen LogP contribution in [0.1, 0.15) is 10.4 Å². The van der Waals surface area contributed by atoms with Crippen LogP contribution in [0.5, 0.6) is 0 Å². The van der Waals surface area contributed by atoms with E-state index in [1.807, 2.05) is 61.6 Å². The van der Waals surface area contributed by atoms with E-state index in [4.69, 9.17) is 0 Å². The summed E-state index contributed by atoms with van der Waals surface area (Å²) < 4.78 is 0.